The Bertz CT molecular complexity index is 114. The van der Waals surface area contributed by atoms with Crippen molar-refractivity contribution in [2.24, 2.45) is 0 Å². The van der Waals surface area contributed by atoms with Crippen LogP contribution in [0.15, 0.2) is 24.3 Å². The Hall–Kier alpha value is -0.560. The highest BCUT2D eigenvalue weighted by Gasteiger charge is 1.96. The molecule has 0 saturated carbocycles. The van der Waals surface area contributed by atoms with Gasteiger partial charge in [-0.25, -0.2) is 0 Å². The van der Waals surface area contributed by atoms with Crippen LogP contribution in [0.4, 0.5) is 0 Å². The van der Waals surface area contributed by atoms with Crippen LogP contribution in [0, 0.1) is 0 Å². The van der Waals surface area contributed by atoms with Gasteiger partial charge in [-0.05, 0) is 20.9 Å². The van der Waals surface area contributed by atoms with Crippen molar-refractivity contribution in [1.29, 1.82) is 0 Å². The van der Waals surface area contributed by atoms with Gasteiger partial charge >= 0.3 is 0 Å². The Labute approximate surface area is 57.5 Å². The van der Waals surface area contributed by atoms with Crippen LogP contribution in [-0.4, -0.2) is 13.1 Å². The van der Waals surface area contributed by atoms with E-state index in [0.717, 1.165) is 0 Å². The third kappa shape index (κ3) is 3.09. The average Bonchev–Trinajstić information content (AvgIpc) is 1.87. The smallest absolute Gasteiger partial charge is 0.0248 e. The van der Waals surface area contributed by atoms with Gasteiger partial charge in [0.05, 0.1) is 0 Å². The Morgan fingerprint density at radius 3 is 2.56 bits per heavy atom. The zero-order valence-corrected chi connectivity index (χ0v) is 6.44. The largest absolute Gasteiger partial charge is 0.314 e. The summed E-state index contributed by atoms with van der Waals surface area (Å²) < 4.78 is 0. The highest BCUT2D eigenvalue weighted by molar-refractivity contribution is 5.12. The molecule has 0 aliphatic rings. The summed E-state index contributed by atoms with van der Waals surface area (Å²) in [6, 6.07) is 0.461. The molecule has 0 bridgehead atoms. The van der Waals surface area contributed by atoms with Crippen molar-refractivity contribution in [2.75, 3.05) is 7.05 Å². The normalized spacial score (nSPS) is 15.2. The molecular formula is C8H15N. The molecule has 0 aromatic heterocycles. The predicted octanol–water partition coefficient (Wildman–Crippen LogP) is 1.73. The van der Waals surface area contributed by atoms with E-state index >= 15 is 0 Å². The predicted molar refractivity (Wildman–Crippen MR) is 42.5 cm³/mol. The van der Waals surface area contributed by atoms with Crippen LogP contribution in [0.3, 0.4) is 0 Å². The van der Waals surface area contributed by atoms with Gasteiger partial charge in [-0.3, -0.25) is 0 Å². The molecule has 1 atom stereocenters. The summed E-state index contributed by atoms with van der Waals surface area (Å²) in [4.78, 5) is 0. The topological polar surface area (TPSA) is 12.0 Å². The average molecular weight is 125 g/mol. The van der Waals surface area contributed by atoms with E-state index in [0.29, 0.717) is 6.04 Å². The number of hydrogen-bond acceptors (Lipinski definition) is 1. The Kier molecular flexibility index (Phi) is 4.06. The second kappa shape index (κ2) is 4.33. The van der Waals surface area contributed by atoms with Crippen molar-refractivity contribution in [3.8, 4) is 0 Å². The summed E-state index contributed by atoms with van der Waals surface area (Å²) in [5.74, 6) is 0. The van der Waals surface area contributed by atoms with Crippen molar-refractivity contribution in [3.05, 3.63) is 24.3 Å². The quantitative estimate of drug-likeness (QED) is 0.566. The number of allylic oxidation sites excluding steroid dienone is 2. The van der Waals surface area contributed by atoms with E-state index in [2.05, 4.69) is 25.7 Å². The molecule has 0 radical (unpaired) electrons. The lowest BCUT2D eigenvalue weighted by Crippen LogP contribution is -2.21. The van der Waals surface area contributed by atoms with E-state index in [-0.39, 0.29) is 0 Å². The second-order valence-electron chi connectivity index (χ2n) is 2.16. The van der Waals surface area contributed by atoms with Crippen LogP contribution in [0.25, 0.3) is 0 Å². The van der Waals surface area contributed by atoms with Gasteiger partial charge in [-0.15, -0.1) is 0 Å². The van der Waals surface area contributed by atoms with E-state index in [1.54, 1.807) is 0 Å². The molecule has 0 amide bonds. The molecule has 0 aromatic rings. The number of rotatable bonds is 3. The number of nitrogens with one attached hydrogen (secondary N) is 1. The molecule has 1 N–H and O–H groups in total. The highest BCUT2D eigenvalue weighted by Crippen LogP contribution is 1.98. The third-order valence-corrected chi connectivity index (χ3v) is 1.50. The molecule has 1 heteroatoms. The molecule has 0 rings (SSSR count). The van der Waals surface area contributed by atoms with Crippen LogP contribution < -0.4 is 5.32 Å². The van der Waals surface area contributed by atoms with Gasteiger partial charge in [-0.2, -0.15) is 0 Å². The summed E-state index contributed by atoms with van der Waals surface area (Å²) in [5.41, 5.74) is 1.31. The summed E-state index contributed by atoms with van der Waals surface area (Å²) in [6.45, 7) is 7.82. The minimum Gasteiger partial charge on any atom is -0.314 e. The fourth-order valence-corrected chi connectivity index (χ4v) is 0.558. The zero-order chi connectivity index (χ0) is 7.28. The van der Waals surface area contributed by atoms with Gasteiger partial charge < -0.3 is 5.32 Å². The summed E-state index contributed by atoms with van der Waals surface area (Å²) in [6.07, 6.45) is 3.82. The first-order chi connectivity index (χ1) is 4.22. The molecule has 0 fully saturated rings. The highest BCUT2D eigenvalue weighted by atomic mass is 14.8. The van der Waals surface area contributed by atoms with Crippen LogP contribution in [0.2, 0.25) is 0 Å². The molecule has 1 nitrogen and oxygen atoms in total. The molecular weight excluding hydrogens is 110 g/mol. The summed E-state index contributed by atoms with van der Waals surface area (Å²) in [7, 11) is 1.95. The fourth-order valence-electron chi connectivity index (χ4n) is 0.558. The van der Waals surface area contributed by atoms with Crippen LogP contribution in [0.1, 0.15) is 13.8 Å². The van der Waals surface area contributed by atoms with E-state index < -0.39 is 0 Å². The Morgan fingerprint density at radius 2 is 2.22 bits per heavy atom. The standard InChI is InChI=1S/C8H15N/c1-5-6-7(2)8(3)9-4/h5-6,8-9H,1H2,2-4H3/b7-6+/t8-/m0/s1. The molecule has 0 spiro atoms. The van der Waals surface area contributed by atoms with Crippen molar-refractivity contribution >= 4 is 0 Å². The number of hydrogen-bond donors (Lipinski definition) is 1. The van der Waals surface area contributed by atoms with E-state index in [1.807, 2.05) is 19.2 Å². The molecule has 0 heterocycles. The molecule has 9 heavy (non-hydrogen) atoms. The number of likely N-dealkylation sites (N-methyl/N-ethyl adjacent to an activating group) is 1. The van der Waals surface area contributed by atoms with Crippen LogP contribution >= 0.6 is 0 Å². The molecule has 0 aromatic carbocycles. The molecule has 0 aliphatic carbocycles. The van der Waals surface area contributed by atoms with E-state index in [4.69, 9.17) is 0 Å². The molecule has 0 unspecified atom stereocenters. The summed E-state index contributed by atoms with van der Waals surface area (Å²) >= 11 is 0. The lowest BCUT2D eigenvalue weighted by molar-refractivity contribution is 0.692. The maximum atomic E-state index is 3.61. The molecule has 0 saturated heterocycles. The van der Waals surface area contributed by atoms with Gasteiger partial charge in [0.2, 0.25) is 0 Å². The van der Waals surface area contributed by atoms with Crippen molar-refractivity contribution < 1.29 is 0 Å². The van der Waals surface area contributed by atoms with Gasteiger partial charge in [0.1, 0.15) is 0 Å². The maximum Gasteiger partial charge on any atom is 0.0248 e. The second-order valence-corrected chi connectivity index (χ2v) is 2.16. The van der Waals surface area contributed by atoms with Crippen molar-refractivity contribution in [1.82, 2.24) is 5.32 Å². The van der Waals surface area contributed by atoms with E-state index in [9.17, 15) is 0 Å². The maximum absolute atomic E-state index is 3.61. The first-order valence-electron chi connectivity index (χ1n) is 3.18. The van der Waals surface area contributed by atoms with Gasteiger partial charge in [0.15, 0.2) is 0 Å². The molecule has 0 aliphatic heterocycles. The lowest BCUT2D eigenvalue weighted by atomic mass is 10.1. The van der Waals surface area contributed by atoms with Crippen molar-refractivity contribution in [3.63, 3.8) is 0 Å². The SMILES string of the molecule is C=C/C=C(\C)[C@H](C)NC. The third-order valence-electron chi connectivity index (χ3n) is 1.50. The minimum atomic E-state index is 0.461. The lowest BCUT2D eigenvalue weighted by Gasteiger charge is -2.08. The zero-order valence-electron chi connectivity index (χ0n) is 6.44. The minimum absolute atomic E-state index is 0.461. The Morgan fingerprint density at radius 1 is 1.67 bits per heavy atom. The van der Waals surface area contributed by atoms with Crippen LogP contribution in [-0.2, 0) is 0 Å². The fraction of sp³-hybridized carbons (Fsp3) is 0.500. The van der Waals surface area contributed by atoms with Gasteiger partial charge in [-0.1, -0.05) is 24.3 Å². The van der Waals surface area contributed by atoms with Crippen LogP contribution in [0.5, 0.6) is 0 Å². The first-order valence-corrected chi connectivity index (χ1v) is 3.18. The first kappa shape index (κ1) is 8.44. The molecule has 52 valence electrons. The monoisotopic (exact) mass is 125 g/mol. The van der Waals surface area contributed by atoms with Crippen molar-refractivity contribution in [2.45, 2.75) is 19.9 Å². The summed E-state index contributed by atoms with van der Waals surface area (Å²) in [5, 5.41) is 3.13. The van der Waals surface area contributed by atoms with Gasteiger partial charge in [0.25, 0.3) is 0 Å². The Balaban J connectivity index is 3.84. The van der Waals surface area contributed by atoms with Gasteiger partial charge in [0, 0.05) is 6.04 Å². The van der Waals surface area contributed by atoms with E-state index in [1.165, 1.54) is 5.57 Å².